The van der Waals surface area contributed by atoms with E-state index >= 15 is 0 Å². The fourth-order valence-corrected chi connectivity index (χ4v) is 2.21. The van der Waals surface area contributed by atoms with E-state index in [1.165, 1.54) is 24.0 Å². The van der Waals surface area contributed by atoms with Gasteiger partial charge in [0.05, 0.1) is 0 Å². The Bertz CT molecular complexity index is 474. The molecule has 3 nitrogen and oxygen atoms in total. The number of amides is 1. The summed E-state index contributed by atoms with van der Waals surface area (Å²) in [5.74, 6) is 2.16. The fraction of sp³-hybridized carbons (Fsp3) is 0.400. The second-order valence-corrected chi connectivity index (χ2v) is 4.44. The SMILES string of the molecule is C#CCOCC(=O)Nc1ccc2c(c1)CCCC2. The first-order chi connectivity index (χ1) is 8.79. The van der Waals surface area contributed by atoms with Gasteiger partial charge in [-0.05, 0) is 48.9 Å². The normalized spacial score (nSPS) is 13.5. The van der Waals surface area contributed by atoms with Gasteiger partial charge in [0.1, 0.15) is 13.2 Å². The number of ether oxygens (including phenoxy) is 1. The summed E-state index contributed by atoms with van der Waals surface area (Å²) in [7, 11) is 0. The Morgan fingerprint density at radius 3 is 2.89 bits per heavy atom. The topological polar surface area (TPSA) is 38.3 Å². The molecule has 1 aliphatic carbocycles. The minimum atomic E-state index is -0.166. The lowest BCUT2D eigenvalue weighted by atomic mass is 9.91. The molecule has 0 radical (unpaired) electrons. The first kappa shape index (κ1) is 12.7. The number of carbonyl (C=O) groups excluding carboxylic acids is 1. The van der Waals surface area contributed by atoms with Crippen molar-refractivity contribution in [1.29, 1.82) is 0 Å². The van der Waals surface area contributed by atoms with Crippen LogP contribution < -0.4 is 5.32 Å². The number of carbonyl (C=O) groups is 1. The molecule has 0 bridgehead atoms. The van der Waals surface area contributed by atoms with Crippen molar-refractivity contribution in [3.8, 4) is 12.3 Å². The summed E-state index contributed by atoms with van der Waals surface area (Å²) in [6, 6.07) is 6.11. The molecule has 1 aliphatic rings. The monoisotopic (exact) mass is 243 g/mol. The van der Waals surface area contributed by atoms with Gasteiger partial charge in [0.2, 0.25) is 5.91 Å². The standard InChI is InChI=1S/C15H17NO2/c1-2-9-18-11-15(17)16-14-8-7-12-5-3-4-6-13(12)10-14/h1,7-8,10H,3-6,9,11H2,(H,16,17). The number of fused-ring (bicyclic) bond motifs is 1. The summed E-state index contributed by atoms with van der Waals surface area (Å²) in [6.07, 6.45) is 9.78. The van der Waals surface area contributed by atoms with Crippen molar-refractivity contribution in [3.05, 3.63) is 29.3 Å². The Kier molecular flexibility index (Phi) is 4.38. The number of aryl methyl sites for hydroxylation is 2. The Morgan fingerprint density at radius 2 is 2.11 bits per heavy atom. The van der Waals surface area contributed by atoms with Gasteiger partial charge in [0.25, 0.3) is 0 Å². The number of hydrogen-bond acceptors (Lipinski definition) is 2. The zero-order valence-electron chi connectivity index (χ0n) is 10.4. The molecule has 1 N–H and O–H groups in total. The van der Waals surface area contributed by atoms with Gasteiger partial charge >= 0.3 is 0 Å². The molecule has 0 saturated carbocycles. The van der Waals surface area contributed by atoms with Crippen LogP contribution in [-0.2, 0) is 22.4 Å². The smallest absolute Gasteiger partial charge is 0.250 e. The Morgan fingerprint density at radius 1 is 1.33 bits per heavy atom. The molecule has 0 aliphatic heterocycles. The van der Waals surface area contributed by atoms with Gasteiger partial charge in [0.15, 0.2) is 0 Å². The minimum Gasteiger partial charge on any atom is -0.359 e. The van der Waals surface area contributed by atoms with Crippen molar-refractivity contribution in [2.75, 3.05) is 18.5 Å². The van der Waals surface area contributed by atoms with Crippen LogP contribution in [-0.4, -0.2) is 19.1 Å². The Labute approximate surface area is 108 Å². The Balaban J connectivity index is 1.93. The predicted octanol–water partition coefficient (Wildman–Crippen LogP) is 2.15. The van der Waals surface area contributed by atoms with Crippen LogP contribution in [0.3, 0.4) is 0 Å². The maximum Gasteiger partial charge on any atom is 0.250 e. The quantitative estimate of drug-likeness (QED) is 0.650. The number of benzene rings is 1. The summed E-state index contributed by atoms with van der Waals surface area (Å²) in [6.45, 7) is 0.166. The molecule has 1 aromatic rings. The largest absolute Gasteiger partial charge is 0.359 e. The third-order valence-electron chi connectivity index (χ3n) is 3.05. The van der Waals surface area contributed by atoms with Gasteiger partial charge in [-0.15, -0.1) is 6.42 Å². The van der Waals surface area contributed by atoms with E-state index in [1.807, 2.05) is 6.07 Å². The maximum atomic E-state index is 11.6. The average Bonchev–Trinajstić information content (AvgIpc) is 2.39. The van der Waals surface area contributed by atoms with Crippen molar-refractivity contribution in [1.82, 2.24) is 0 Å². The number of rotatable bonds is 4. The lowest BCUT2D eigenvalue weighted by Crippen LogP contribution is -2.18. The second-order valence-electron chi connectivity index (χ2n) is 4.44. The fourth-order valence-electron chi connectivity index (χ4n) is 2.21. The number of hydrogen-bond donors (Lipinski definition) is 1. The molecule has 0 atom stereocenters. The van der Waals surface area contributed by atoms with E-state index in [4.69, 9.17) is 11.2 Å². The summed E-state index contributed by atoms with van der Waals surface area (Å²) in [5.41, 5.74) is 3.59. The van der Waals surface area contributed by atoms with Crippen molar-refractivity contribution in [2.45, 2.75) is 25.7 Å². The van der Waals surface area contributed by atoms with Gasteiger partial charge in [-0.2, -0.15) is 0 Å². The first-order valence-electron chi connectivity index (χ1n) is 6.22. The molecule has 3 heteroatoms. The molecule has 0 saturated heterocycles. The highest BCUT2D eigenvalue weighted by Gasteiger charge is 2.10. The lowest BCUT2D eigenvalue weighted by molar-refractivity contribution is -0.120. The molecule has 0 spiro atoms. The first-order valence-corrected chi connectivity index (χ1v) is 6.22. The van der Waals surface area contributed by atoms with Crippen LogP contribution in [0, 0.1) is 12.3 Å². The predicted molar refractivity (Wildman–Crippen MR) is 71.4 cm³/mol. The Hall–Kier alpha value is -1.79. The second kappa shape index (κ2) is 6.23. The van der Waals surface area contributed by atoms with Crippen LogP contribution in [0.15, 0.2) is 18.2 Å². The van der Waals surface area contributed by atoms with E-state index in [0.29, 0.717) is 0 Å². The lowest BCUT2D eigenvalue weighted by Gasteiger charge is -2.16. The van der Waals surface area contributed by atoms with E-state index in [0.717, 1.165) is 18.5 Å². The van der Waals surface area contributed by atoms with E-state index in [2.05, 4.69) is 23.4 Å². The van der Waals surface area contributed by atoms with Crippen molar-refractivity contribution >= 4 is 11.6 Å². The van der Waals surface area contributed by atoms with Crippen molar-refractivity contribution in [3.63, 3.8) is 0 Å². The van der Waals surface area contributed by atoms with E-state index in [9.17, 15) is 4.79 Å². The van der Waals surface area contributed by atoms with Crippen LogP contribution in [0.1, 0.15) is 24.0 Å². The van der Waals surface area contributed by atoms with Crippen molar-refractivity contribution in [2.24, 2.45) is 0 Å². The molecule has 0 fully saturated rings. The highest BCUT2D eigenvalue weighted by atomic mass is 16.5. The van der Waals surface area contributed by atoms with Crippen LogP contribution in [0.4, 0.5) is 5.69 Å². The van der Waals surface area contributed by atoms with Crippen LogP contribution >= 0.6 is 0 Å². The van der Waals surface area contributed by atoms with Gasteiger partial charge in [0, 0.05) is 5.69 Å². The molecule has 0 aromatic heterocycles. The van der Waals surface area contributed by atoms with Crippen LogP contribution in [0.25, 0.3) is 0 Å². The van der Waals surface area contributed by atoms with Crippen molar-refractivity contribution < 1.29 is 9.53 Å². The molecule has 94 valence electrons. The zero-order chi connectivity index (χ0) is 12.8. The molecule has 2 rings (SSSR count). The number of terminal acetylenes is 1. The summed E-state index contributed by atoms with van der Waals surface area (Å²) in [4.78, 5) is 11.6. The third kappa shape index (κ3) is 3.35. The van der Waals surface area contributed by atoms with Crippen LogP contribution in [0.2, 0.25) is 0 Å². The molecular weight excluding hydrogens is 226 g/mol. The average molecular weight is 243 g/mol. The van der Waals surface area contributed by atoms with Gasteiger partial charge < -0.3 is 10.1 Å². The minimum absolute atomic E-state index is 0.00127. The third-order valence-corrected chi connectivity index (χ3v) is 3.05. The number of nitrogens with one attached hydrogen (secondary N) is 1. The summed E-state index contributed by atoms with van der Waals surface area (Å²) in [5, 5.41) is 2.82. The summed E-state index contributed by atoms with van der Waals surface area (Å²) >= 11 is 0. The molecule has 1 aromatic carbocycles. The molecule has 1 amide bonds. The van der Waals surface area contributed by atoms with Gasteiger partial charge in [-0.1, -0.05) is 12.0 Å². The zero-order valence-corrected chi connectivity index (χ0v) is 10.4. The maximum absolute atomic E-state index is 11.6. The van der Waals surface area contributed by atoms with E-state index in [-0.39, 0.29) is 19.1 Å². The molecule has 18 heavy (non-hydrogen) atoms. The van der Waals surface area contributed by atoms with Gasteiger partial charge in [-0.3, -0.25) is 4.79 Å². The van der Waals surface area contributed by atoms with Crippen LogP contribution in [0.5, 0.6) is 0 Å². The summed E-state index contributed by atoms with van der Waals surface area (Å²) < 4.78 is 4.98. The number of anilines is 1. The molecule has 0 heterocycles. The molecular formula is C15H17NO2. The molecule has 0 unspecified atom stereocenters. The van der Waals surface area contributed by atoms with E-state index < -0.39 is 0 Å². The highest BCUT2D eigenvalue weighted by Crippen LogP contribution is 2.24. The van der Waals surface area contributed by atoms with E-state index in [1.54, 1.807) is 0 Å². The highest BCUT2D eigenvalue weighted by molar-refractivity contribution is 5.91. The van der Waals surface area contributed by atoms with Gasteiger partial charge in [-0.25, -0.2) is 0 Å².